The van der Waals surface area contributed by atoms with Crippen molar-refractivity contribution < 1.29 is 9.21 Å². The summed E-state index contributed by atoms with van der Waals surface area (Å²) in [4.78, 5) is 15.3. The van der Waals surface area contributed by atoms with E-state index in [9.17, 15) is 4.79 Å². The Bertz CT molecular complexity index is 641. The van der Waals surface area contributed by atoms with E-state index in [1.165, 1.54) is 0 Å². The Labute approximate surface area is 147 Å². The van der Waals surface area contributed by atoms with Gasteiger partial charge in [-0.25, -0.2) is 4.79 Å². The molecule has 6 heteroatoms. The first-order chi connectivity index (χ1) is 11.5. The number of nitrogens with zero attached hydrogens (tertiary/aromatic N) is 1. The Balaban J connectivity index is 1.96. The fourth-order valence-corrected chi connectivity index (χ4v) is 3.21. The molecular weight excluding hydrogens is 322 g/mol. The number of thioether (sulfide) groups is 1. The predicted molar refractivity (Wildman–Crippen MR) is 99.6 cm³/mol. The van der Waals surface area contributed by atoms with Crippen LogP contribution >= 0.6 is 11.8 Å². The lowest BCUT2D eigenvalue weighted by Crippen LogP contribution is -2.36. The number of urea groups is 1. The largest absolute Gasteiger partial charge is 0.468 e. The molecule has 0 aliphatic rings. The van der Waals surface area contributed by atoms with Crippen LogP contribution < -0.4 is 10.6 Å². The summed E-state index contributed by atoms with van der Waals surface area (Å²) < 4.78 is 5.45. The number of benzene rings is 1. The van der Waals surface area contributed by atoms with Crippen molar-refractivity contribution in [3.63, 3.8) is 0 Å². The van der Waals surface area contributed by atoms with E-state index >= 15 is 0 Å². The molecule has 130 valence electrons. The van der Waals surface area contributed by atoms with Gasteiger partial charge in [0.1, 0.15) is 5.76 Å². The average Bonchev–Trinajstić information content (AvgIpc) is 3.02. The third-order valence-electron chi connectivity index (χ3n) is 3.45. The zero-order valence-electron chi connectivity index (χ0n) is 14.6. The van der Waals surface area contributed by atoms with E-state index in [1.807, 2.05) is 55.4 Å². The molecule has 0 saturated carbocycles. The maximum atomic E-state index is 12.3. The van der Waals surface area contributed by atoms with Crippen molar-refractivity contribution >= 4 is 23.5 Å². The first-order valence-electron chi connectivity index (χ1n) is 7.97. The molecule has 1 atom stereocenters. The summed E-state index contributed by atoms with van der Waals surface area (Å²) in [5, 5.41) is 6.31. The zero-order chi connectivity index (χ0) is 17.5. The fraction of sp³-hybridized carbons (Fsp3) is 0.389. The van der Waals surface area contributed by atoms with Gasteiger partial charge in [-0.3, -0.25) is 4.90 Å². The van der Waals surface area contributed by atoms with E-state index in [4.69, 9.17) is 4.42 Å². The highest BCUT2D eigenvalue weighted by Gasteiger charge is 2.18. The van der Waals surface area contributed by atoms with Gasteiger partial charge in [0.2, 0.25) is 0 Å². The standard InChI is InChI=1S/C18H25N3O2S/c1-13(2)24-17-10-6-5-8-14(17)20-18(22)19-12-15(21(3)4)16-9-7-11-23-16/h5-11,13,15H,12H2,1-4H3,(H2,19,20,22)/t15-/m1/s1. The molecule has 2 aromatic rings. The number of amides is 2. The number of nitrogens with one attached hydrogen (secondary N) is 2. The zero-order valence-corrected chi connectivity index (χ0v) is 15.4. The van der Waals surface area contributed by atoms with Crippen LogP contribution in [-0.4, -0.2) is 36.8 Å². The van der Waals surface area contributed by atoms with E-state index in [-0.39, 0.29) is 12.1 Å². The third kappa shape index (κ3) is 5.32. The fourth-order valence-electron chi connectivity index (χ4n) is 2.30. The first-order valence-corrected chi connectivity index (χ1v) is 8.85. The highest BCUT2D eigenvalue weighted by molar-refractivity contribution is 8.00. The van der Waals surface area contributed by atoms with Gasteiger partial charge in [0, 0.05) is 16.7 Å². The highest BCUT2D eigenvalue weighted by atomic mass is 32.2. The summed E-state index contributed by atoms with van der Waals surface area (Å²) in [5.41, 5.74) is 0.827. The Morgan fingerprint density at radius 2 is 1.96 bits per heavy atom. The summed E-state index contributed by atoms with van der Waals surface area (Å²) in [6, 6.07) is 11.4. The monoisotopic (exact) mass is 347 g/mol. The SMILES string of the molecule is CC(C)Sc1ccccc1NC(=O)NC[C@H](c1ccco1)N(C)C. The number of anilines is 1. The molecule has 0 saturated heterocycles. The van der Waals surface area contributed by atoms with E-state index in [0.29, 0.717) is 11.8 Å². The number of hydrogen-bond donors (Lipinski definition) is 2. The Morgan fingerprint density at radius 3 is 2.58 bits per heavy atom. The van der Waals surface area contributed by atoms with E-state index in [1.54, 1.807) is 18.0 Å². The second-order valence-electron chi connectivity index (χ2n) is 5.99. The van der Waals surface area contributed by atoms with Crippen LogP contribution in [0.1, 0.15) is 25.6 Å². The topological polar surface area (TPSA) is 57.5 Å². The quantitative estimate of drug-likeness (QED) is 0.737. The summed E-state index contributed by atoms with van der Waals surface area (Å²) in [6.45, 7) is 4.73. The highest BCUT2D eigenvalue weighted by Crippen LogP contribution is 2.30. The lowest BCUT2D eigenvalue weighted by Gasteiger charge is -2.22. The molecule has 1 aromatic carbocycles. The van der Waals surface area contributed by atoms with E-state index in [0.717, 1.165) is 16.3 Å². The van der Waals surface area contributed by atoms with Crippen LogP contribution in [-0.2, 0) is 0 Å². The Kier molecular flexibility index (Phi) is 6.75. The molecule has 0 aliphatic heterocycles. The van der Waals surface area contributed by atoms with E-state index in [2.05, 4.69) is 24.5 Å². The molecule has 24 heavy (non-hydrogen) atoms. The van der Waals surface area contributed by atoms with Crippen molar-refractivity contribution in [3.8, 4) is 0 Å². The number of para-hydroxylation sites is 1. The predicted octanol–water partition coefficient (Wildman–Crippen LogP) is 4.20. The van der Waals surface area contributed by atoms with Gasteiger partial charge in [0.15, 0.2) is 0 Å². The molecule has 0 aliphatic carbocycles. The minimum atomic E-state index is -0.217. The minimum absolute atomic E-state index is 0.00830. The van der Waals surface area contributed by atoms with Crippen LogP contribution in [0.3, 0.4) is 0 Å². The maximum Gasteiger partial charge on any atom is 0.319 e. The van der Waals surface area contributed by atoms with Gasteiger partial charge in [-0.1, -0.05) is 26.0 Å². The van der Waals surface area contributed by atoms with Gasteiger partial charge in [0.25, 0.3) is 0 Å². The normalized spacial score (nSPS) is 12.4. The molecule has 0 radical (unpaired) electrons. The molecule has 1 aromatic heterocycles. The summed E-state index contributed by atoms with van der Waals surface area (Å²) >= 11 is 1.73. The van der Waals surface area contributed by atoms with Gasteiger partial charge in [-0.05, 0) is 38.4 Å². The van der Waals surface area contributed by atoms with Crippen molar-refractivity contribution in [3.05, 3.63) is 48.4 Å². The summed E-state index contributed by atoms with van der Waals surface area (Å²) in [5.74, 6) is 0.830. The van der Waals surface area contributed by atoms with Crippen LogP contribution in [0.4, 0.5) is 10.5 Å². The van der Waals surface area contributed by atoms with Gasteiger partial charge in [-0.15, -0.1) is 11.8 Å². The molecule has 2 amide bonds. The first kappa shape index (κ1) is 18.4. The van der Waals surface area contributed by atoms with Crippen molar-refractivity contribution in [1.29, 1.82) is 0 Å². The van der Waals surface area contributed by atoms with Crippen LogP contribution in [0.2, 0.25) is 0 Å². The van der Waals surface area contributed by atoms with Gasteiger partial charge < -0.3 is 15.1 Å². The maximum absolute atomic E-state index is 12.3. The van der Waals surface area contributed by atoms with Gasteiger partial charge in [-0.2, -0.15) is 0 Å². The van der Waals surface area contributed by atoms with Gasteiger partial charge in [0.05, 0.1) is 18.0 Å². The number of furan rings is 1. The van der Waals surface area contributed by atoms with Crippen molar-refractivity contribution in [2.45, 2.75) is 30.0 Å². The second-order valence-corrected chi connectivity index (χ2v) is 7.61. The molecule has 1 heterocycles. The molecule has 5 nitrogen and oxygen atoms in total. The molecule has 2 N–H and O–H groups in total. The molecular formula is C18H25N3O2S. The minimum Gasteiger partial charge on any atom is -0.468 e. The Hall–Kier alpha value is -1.92. The number of hydrogen-bond acceptors (Lipinski definition) is 4. The average molecular weight is 347 g/mol. The van der Waals surface area contributed by atoms with E-state index < -0.39 is 0 Å². The van der Waals surface area contributed by atoms with Gasteiger partial charge >= 0.3 is 6.03 Å². The number of carbonyl (C=O) groups is 1. The smallest absolute Gasteiger partial charge is 0.319 e. The second kappa shape index (κ2) is 8.80. The molecule has 2 rings (SSSR count). The lowest BCUT2D eigenvalue weighted by molar-refractivity contribution is 0.233. The molecule has 0 unspecified atom stereocenters. The summed E-state index contributed by atoms with van der Waals surface area (Å²) in [6.07, 6.45) is 1.64. The van der Waals surface area contributed by atoms with Crippen LogP contribution in [0.15, 0.2) is 52.0 Å². The molecule has 0 spiro atoms. The van der Waals surface area contributed by atoms with Crippen LogP contribution in [0, 0.1) is 0 Å². The number of likely N-dealkylation sites (N-methyl/N-ethyl adjacent to an activating group) is 1. The lowest BCUT2D eigenvalue weighted by atomic mass is 10.2. The number of carbonyl (C=O) groups excluding carboxylic acids is 1. The van der Waals surface area contributed by atoms with Crippen molar-refractivity contribution in [1.82, 2.24) is 10.2 Å². The third-order valence-corrected chi connectivity index (χ3v) is 4.53. The molecule has 0 bridgehead atoms. The Morgan fingerprint density at radius 1 is 1.21 bits per heavy atom. The van der Waals surface area contributed by atoms with Crippen LogP contribution in [0.5, 0.6) is 0 Å². The van der Waals surface area contributed by atoms with Crippen molar-refractivity contribution in [2.75, 3.05) is 26.0 Å². The summed E-state index contributed by atoms with van der Waals surface area (Å²) in [7, 11) is 3.92. The molecule has 0 fully saturated rings. The number of rotatable bonds is 7. The van der Waals surface area contributed by atoms with Crippen LogP contribution in [0.25, 0.3) is 0 Å². The van der Waals surface area contributed by atoms with Crippen molar-refractivity contribution in [2.24, 2.45) is 0 Å².